The zero-order valence-electron chi connectivity index (χ0n) is 33.0. The van der Waals surface area contributed by atoms with Crippen LogP contribution in [0.15, 0.2) is 89.1 Å². The van der Waals surface area contributed by atoms with E-state index in [2.05, 4.69) is 67.5 Å². The number of aryl methyl sites for hydroxylation is 1. The summed E-state index contributed by atoms with van der Waals surface area (Å²) in [5.74, 6) is 0.899. The van der Waals surface area contributed by atoms with Gasteiger partial charge in [-0.15, -0.1) is 0 Å². The zero-order valence-corrected chi connectivity index (χ0v) is 33.7. The van der Waals surface area contributed by atoms with Crippen LogP contribution >= 0.6 is 11.6 Å². The van der Waals surface area contributed by atoms with E-state index >= 15 is 0 Å². The standard InChI is InChI=1S/C22H23ClN4O2.C22H17N7O.H2/c1-12-10-13(2)18(14(3)11-12)29-22(28)16-17(24-4)19(23)27-20(25-26-21(16)27)15-8-6-5-7-9-15;1-12-8-9-15-17(10-12)26-27-18(15)19-13(2)16(11-23)21-25-20(28-29(19)21)22(30)24-14-6-4-3-5-7-14;/h5-9,12-14,18,26H,10-11H2,1-3H3;3-10,18H,1-2H3,(H,24,30)(H,25,28);1H. The normalized spacial score (nSPS) is 19.4. The van der Waals surface area contributed by atoms with Gasteiger partial charge in [-0.05, 0) is 73.8 Å². The van der Waals surface area contributed by atoms with Crippen molar-refractivity contribution in [2.24, 2.45) is 28.0 Å². The largest absolute Gasteiger partial charge is 0.459 e. The Labute approximate surface area is 346 Å². The number of H-pyrrole nitrogens is 2. The summed E-state index contributed by atoms with van der Waals surface area (Å²) in [5, 5.41) is 31.7. The number of nitrogens with one attached hydrogen (secondary N) is 3. The van der Waals surface area contributed by atoms with Crippen molar-refractivity contribution in [3.63, 3.8) is 0 Å². The molecule has 1 fully saturated rings. The maximum Gasteiger partial charge on any atom is 0.331 e. The first kappa shape index (κ1) is 38.8. The maximum absolute atomic E-state index is 13.2. The number of carbonyl (C=O) groups is 2. The zero-order chi connectivity index (χ0) is 41.5. The number of halogens is 1. The number of hydrogen-bond acceptors (Lipinski definition) is 8. The molecule has 15 heteroatoms. The number of nitrogens with zero attached hydrogens (tertiary/aromatic N) is 8. The average Bonchev–Trinajstić information content (AvgIpc) is 4.04. The Bertz CT molecular complexity index is 2850. The monoisotopic (exact) mass is 807 g/mol. The molecule has 298 valence electrons. The van der Waals surface area contributed by atoms with Crippen LogP contribution in [0, 0.1) is 49.5 Å². The molecule has 3 unspecified atom stereocenters. The van der Waals surface area contributed by atoms with Gasteiger partial charge in [-0.25, -0.2) is 19.1 Å². The van der Waals surface area contributed by atoms with Crippen LogP contribution in [-0.2, 0) is 4.74 Å². The van der Waals surface area contributed by atoms with Gasteiger partial charge in [-0.3, -0.25) is 19.4 Å². The molecule has 0 bridgehead atoms. The Morgan fingerprint density at radius 1 is 1.03 bits per heavy atom. The molecule has 1 aliphatic heterocycles. The molecule has 1 aliphatic carbocycles. The summed E-state index contributed by atoms with van der Waals surface area (Å²) in [6.45, 7) is 17.9. The van der Waals surface area contributed by atoms with Crippen LogP contribution < -0.4 is 5.32 Å². The topological polar surface area (TPSA) is 174 Å². The number of esters is 1. The summed E-state index contributed by atoms with van der Waals surface area (Å²) in [6, 6.07) is 26.4. The highest BCUT2D eigenvalue weighted by Gasteiger charge is 2.37. The lowest BCUT2D eigenvalue weighted by molar-refractivity contribution is -0.0249. The molecule has 9 rings (SSSR count). The molecule has 0 spiro atoms. The third kappa shape index (κ3) is 7.02. The minimum Gasteiger partial charge on any atom is -0.459 e. The van der Waals surface area contributed by atoms with Crippen LogP contribution in [0.4, 0.5) is 17.1 Å². The average molecular weight is 808 g/mol. The Balaban J connectivity index is 0.000000179. The summed E-state index contributed by atoms with van der Waals surface area (Å²) in [5.41, 5.74) is 7.32. The number of nitriles is 1. The summed E-state index contributed by atoms with van der Waals surface area (Å²) >= 11 is 6.50. The van der Waals surface area contributed by atoms with Gasteiger partial charge >= 0.3 is 5.97 Å². The van der Waals surface area contributed by atoms with Gasteiger partial charge in [0.2, 0.25) is 11.5 Å². The summed E-state index contributed by atoms with van der Waals surface area (Å²) in [7, 11) is 0. The first-order valence-corrected chi connectivity index (χ1v) is 19.7. The van der Waals surface area contributed by atoms with Gasteiger partial charge in [0.25, 0.3) is 5.91 Å². The number of fused-ring (bicyclic) bond motifs is 3. The molecule has 3 atom stereocenters. The number of anilines is 1. The van der Waals surface area contributed by atoms with Crippen LogP contribution in [-0.4, -0.2) is 47.2 Å². The lowest BCUT2D eigenvalue weighted by atomic mass is 9.75. The highest BCUT2D eigenvalue weighted by Crippen LogP contribution is 2.43. The number of hydrogen-bond donors (Lipinski definition) is 3. The predicted molar refractivity (Wildman–Crippen MR) is 225 cm³/mol. The predicted octanol–water partition coefficient (Wildman–Crippen LogP) is 10.6. The van der Waals surface area contributed by atoms with Gasteiger partial charge < -0.3 is 10.1 Å². The van der Waals surface area contributed by atoms with Crippen molar-refractivity contribution >= 4 is 51.8 Å². The number of para-hydroxylation sites is 1. The smallest absolute Gasteiger partial charge is 0.331 e. The van der Waals surface area contributed by atoms with Crippen LogP contribution in [0.2, 0.25) is 5.15 Å². The number of aromatic amines is 2. The number of amides is 1. The van der Waals surface area contributed by atoms with Gasteiger partial charge in [0.1, 0.15) is 40.1 Å². The second-order valence-corrected chi connectivity index (χ2v) is 15.7. The number of ether oxygens (including phenoxy) is 1. The number of azo groups is 1. The van der Waals surface area contributed by atoms with Crippen LogP contribution in [0.25, 0.3) is 27.5 Å². The quantitative estimate of drug-likeness (QED) is 0.111. The third-order valence-electron chi connectivity index (χ3n) is 11.1. The first-order chi connectivity index (χ1) is 28.5. The SMILES string of the molecule is Cc1ccc2c(c1)N=NC2c1c(C)c(C#N)c2nc(C(=O)Nc3ccccc3)[nH]n12.[C-]#[N+]c1c(C(=O)OC2C(C)CC(C)CC2C)c2[nH]nc(-c3ccccc3)n2c1Cl.[HH]. The van der Waals surface area contributed by atoms with Crippen LogP contribution in [0.1, 0.15) is 90.0 Å². The molecule has 7 aromatic rings. The maximum atomic E-state index is 13.2. The molecule has 14 nitrogen and oxygen atoms in total. The molecule has 5 heterocycles. The van der Waals surface area contributed by atoms with Gasteiger partial charge in [-0.1, -0.05) is 93.0 Å². The molecule has 0 saturated heterocycles. The molecule has 0 radical (unpaired) electrons. The van der Waals surface area contributed by atoms with Crippen molar-refractivity contribution in [1.82, 2.24) is 29.2 Å². The van der Waals surface area contributed by atoms with Crippen molar-refractivity contribution < 1.29 is 15.8 Å². The molecule has 3 aromatic carbocycles. The molecular formula is C44H42ClN11O3. The Kier molecular flexibility index (Phi) is 10.3. The fourth-order valence-corrected chi connectivity index (χ4v) is 8.75. The number of carbonyl (C=O) groups excluding carboxylic acids is 2. The van der Waals surface area contributed by atoms with E-state index in [1.807, 2.05) is 80.6 Å². The van der Waals surface area contributed by atoms with E-state index in [4.69, 9.17) is 22.9 Å². The van der Waals surface area contributed by atoms with Crippen LogP contribution in [0.3, 0.4) is 0 Å². The fraction of sp³-hybridized carbons (Fsp3) is 0.273. The summed E-state index contributed by atoms with van der Waals surface area (Å²) in [6.07, 6.45) is 1.86. The number of aromatic nitrogens is 6. The van der Waals surface area contributed by atoms with Crippen molar-refractivity contribution in [2.75, 3.05) is 5.32 Å². The van der Waals surface area contributed by atoms with Crippen molar-refractivity contribution in [1.29, 1.82) is 5.26 Å². The van der Waals surface area contributed by atoms with Crippen molar-refractivity contribution in [2.45, 2.75) is 59.6 Å². The number of rotatable bonds is 6. The van der Waals surface area contributed by atoms with Gasteiger partial charge in [0, 0.05) is 18.2 Å². The van der Waals surface area contributed by atoms with E-state index in [-0.39, 0.29) is 53.5 Å². The summed E-state index contributed by atoms with van der Waals surface area (Å²) in [4.78, 5) is 33.8. The Morgan fingerprint density at radius 2 is 1.73 bits per heavy atom. The lowest BCUT2D eigenvalue weighted by Crippen LogP contribution is -2.37. The Hall–Kier alpha value is -7.03. The minimum atomic E-state index is -0.526. The van der Waals surface area contributed by atoms with Gasteiger partial charge in [-0.2, -0.15) is 20.6 Å². The molecule has 3 N–H and O–H groups in total. The van der Waals surface area contributed by atoms with E-state index in [1.165, 1.54) is 0 Å². The number of benzene rings is 3. The lowest BCUT2D eigenvalue weighted by Gasteiger charge is -2.37. The minimum absolute atomic E-state index is 0. The molecule has 59 heavy (non-hydrogen) atoms. The van der Waals surface area contributed by atoms with Crippen molar-refractivity contribution in [3.05, 3.63) is 135 Å². The molecule has 1 amide bonds. The van der Waals surface area contributed by atoms with Crippen molar-refractivity contribution in [3.8, 4) is 17.5 Å². The third-order valence-corrected chi connectivity index (χ3v) is 11.4. The highest BCUT2D eigenvalue weighted by molar-refractivity contribution is 6.34. The fourth-order valence-electron chi connectivity index (χ4n) is 8.45. The van der Waals surface area contributed by atoms with Gasteiger partial charge in [0.15, 0.2) is 11.5 Å². The van der Waals surface area contributed by atoms with E-state index in [0.29, 0.717) is 34.3 Å². The second-order valence-electron chi connectivity index (χ2n) is 15.4. The second kappa shape index (κ2) is 15.7. The van der Waals surface area contributed by atoms with E-state index in [9.17, 15) is 14.9 Å². The molecule has 4 aromatic heterocycles. The molecular weight excluding hydrogens is 766 g/mol. The van der Waals surface area contributed by atoms with E-state index in [1.54, 1.807) is 21.0 Å². The molecule has 2 aliphatic rings. The Morgan fingerprint density at radius 3 is 2.41 bits per heavy atom. The highest BCUT2D eigenvalue weighted by atomic mass is 35.5. The molecule has 1 saturated carbocycles. The first-order valence-electron chi connectivity index (χ1n) is 19.3. The van der Waals surface area contributed by atoms with Crippen LogP contribution in [0.5, 0.6) is 0 Å². The van der Waals surface area contributed by atoms with E-state index < -0.39 is 5.97 Å². The summed E-state index contributed by atoms with van der Waals surface area (Å²) < 4.78 is 9.21. The van der Waals surface area contributed by atoms with E-state index in [0.717, 1.165) is 46.5 Å². The van der Waals surface area contributed by atoms with Gasteiger partial charge in [0.05, 0.1) is 18.0 Å².